The highest BCUT2D eigenvalue weighted by atomic mass is 19.4. The summed E-state index contributed by atoms with van der Waals surface area (Å²) < 4.78 is 36.9. The van der Waals surface area contributed by atoms with E-state index in [2.05, 4.69) is 5.32 Å². The number of carbonyl (C=O) groups is 2. The molecule has 0 aromatic heterocycles. The molecular weight excluding hydrogens is 277 g/mol. The number of urea groups is 1. The molecule has 20 heavy (non-hydrogen) atoms. The van der Waals surface area contributed by atoms with Gasteiger partial charge in [-0.05, 0) is 32.6 Å². The Morgan fingerprint density at radius 3 is 2.20 bits per heavy atom. The smallest absolute Gasteiger partial charge is 0.406 e. The van der Waals surface area contributed by atoms with Gasteiger partial charge in [-0.1, -0.05) is 0 Å². The van der Waals surface area contributed by atoms with Crippen molar-refractivity contribution in [1.82, 2.24) is 10.2 Å². The lowest BCUT2D eigenvalue weighted by molar-refractivity contribution is -0.143. The predicted octanol–water partition coefficient (Wildman–Crippen LogP) is 2.22. The molecule has 5 nitrogen and oxygen atoms in total. The number of hydrogen-bond donors (Lipinski definition) is 2. The van der Waals surface area contributed by atoms with E-state index in [-0.39, 0.29) is 12.6 Å². The van der Waals surface area contributed by atoms with E-state index in [0.29, 0.717) is 30.6 Å². The molecule has 1 aliphatic rings. The zero-order valence-electron chi connectivity index (χ0n) is 11.2. The van der Waals surface area contributed by atoms with E-state index in [1.165, 1.54) is 6.92 Å². The van der Waals surface area contributed by atoms with Crippen LogP contribution < -0.4 is 5.32 Å². The molecular formula is C12H19F3N2O3. The number of alkyl halides is 3. The fraction of sp³-hybridized carbons (Fsp3) is 0.833. The van der Waals surface area contributed by atoms with Crippen LogP contribution in [0.4, 0.5) is 18.0 Å². The Balaban J connectivity index is 2.44. The number of amides is 2. The van der Waals surface area contributed by atoms with Gasteiger partial charge < -0.3 is 15.3 Å². The molecule has 0 heterocycles. The molecule has 0 aromatic carbocycles. The van der Waals surface area contributed by atoms with Crippen LogP contribution in [0.15, 0.2) is 0 Å². The van der Waals surface area contributed by atoms with Crippen molar-refractivity contribution >= 4 is 12.0 Å². The van der Waals surface area contributed by atoms with Crippen molar-refractivity contribution < 1.29 is 27.9 Å². The zero-order chi connectivity index (χ0) is 15.3. The summed E-state index contributed by atoms with van der Waals surface area (Å²) in [5.74, 6) is -1.28. The Morgan fingerprint density at radius 1 is 1.25 bits per heavy atom. The molecule has 116 valence electrons. The molecule has 2 amide bonds. The summed E-state index contributed by atoms with van der Waals surface area (Å²) in [6.45, 7) is 0.169. The van der Waals surface area contributed by atoms with Crippen molar-refractivity contribution in [3.8, 4) is 0 Å². The van der Waals surface area contributed by atoms with Crippen LogP contribution >= 0.6 is 0 Å². The molecule has 0 spiro atoms. The first-order valence-corrected chi connectivity index (χ1v) is 6.58. The summed E-state index contributed by atoms with van der Waals surface area (Å²) in [6, 6.07) is -0.996. The fourth-order valence-corrected chi connectivity index (χ4v) is 2.29. The van der Waals surface area contributed by atoms with Gasteiger partial charge in [0, 0.05) is 12.6 Å². The maximum absolute atomic E-state index is 12.3. The minimum atomic E-state index is -4.42. The van der Waals surface area contributed by atoms with Gasteiger partial charge in [-0.15, -0.1) is 0 Å². The molecule has 0 atom stereocenters. The molecule has 0 aliphatic heterocycles. The lowest BCUT2D eigenvalue weighted by Gasteiger charge is -2.30. The Labute approximate surface area is 115 Å². The summed E-state index contributed by atoms with van der Waals surface area (Å²) in [5, 5.41) is 11.4. The number of carboxylic acids is 1. The number of nitrogens with one attached hydrogen (secondary N) is 1. The molecule has 1 rings (SSSR count). The van der Waals surface area contributed by atoms with Gasteiger partial charge in [0.2, 0.25) is 0 Å². The molecule has 0 aromatic rings. The summed E-state index contributed by atoms with van der Waals surface area (Å²) >= 11 is 0. The SMILES string of the molecule is CCN(CC(F)(F)F)C(=O)NC1CCC(C(=O)O)CC1. The maximum Gasteiger partial charge on any atom is 0.406 e. The average molecular weight is 296 g/mol. The summed E-state index contributed by atoms with van der Waals surface area (Å²) in [6.07, 6.45) is -2.59. The zero-order valence-corrected chi connectivity index (χ0v) is 11.2. The fourth-order valence-electron chi connectivity index (χ4n) is 2.29. The quantitative estimate of drug-likeness (QED) is 0.835. The number of nitrogens with zero attached hydrogens (tertiary/aromatic N) is 1. The van der Waals surface area contributed by atoms with Crippen LogP contribution in [0.25, 0.3) is 0 Å². The van der Waals surface area contributed by atoms with Crippen LogP contribution in [0.3, 0.4) is 0 Å². The van der Waals surface area contributed by atoms with E-state index in [4.69, 9.17) is 5.11 Å². The van der Waals surface area contributed by atoms with Gasteiger partial charge in [0.15, 0.2) is 0 Å². The summed E-state index contributed by atoms with van der Waals surface area (Å²) in [5.41, 5.74) is 0. The van der Waals surface area contributed by atoms with Crippen LogP contribution in [-0.4, -0.2) is 47.3 Å². The second kappa shape index (κ2) is 6.81. The highest BCUT2D eigenvalue weighted by Crippen LogP contribution is 2.24. The monoisotopic (exact) mass is 296 g/mol. The minimum absolute atomic E-state index is 0.0319. The third-order valence-electron chi connectivity index (χ3n) is 3.44. The van der Waals surface area contributed by atoms with Crippen LogP contribution in [0.2, 0.25) is 0 Å². The number of carbonyl (C=O) groups excluding carboxylic acids is 1. The molecule has 8 heteroatoms. The first-order chi connectivity index (χ1) is 9.23. The van der Waals surface area contributed by atoms with E-state index in [1.807, 2.05) is 0 Å². The van der Waals surface area contributed by atoms with Crippen molar-refractivity contribution in [2.75, 3.05) is 13.1 Å². The molecule has 0 saturated heterocycles. The largest absolute Gasteiger partial charge is 0.481 e. The number of halogens is 3. The van der Waals surface area contributed by atoms with Gasteiger partial charge >= 0.3 is 18.2 Å². The third-order valence-corrected chi connectivity index (χ3v) is 3.44. The molecule has 1 fully saturated rings. The van der Waals surface area contributed by atoms with Crippen LogP contribution in [0.5, 0.6) is 0 Å². The predicted molar refractivity (Wildman–Crippen MR) is 65.2 cm³/mol. The van der Waals surface area contributed by atoms with Gasteiger partial charge in [0.25, 0.3) is 0 Å². The second-order valence-electron chi connectivity index (χ2n) is 4.97. The van der Waals surface area contributed by atoms with E-state index >= 15 is 0 Å². The minimum Gasteiger partial charge on any atom is -0.481 e. The van der Waals surface area contributed by atoms with Crippen molar-refractivity contribution in [2.24, 2.45) is 5.92 Å². The first-order valence-electron chi connectivity index (χ1n) is 6.58. The van der Waals surface area contributed by atoms with Crippen molar-refractivity contribution in [2.45, 2.75) is 44.8 Å². The van der Waals surface area contributed by atoms with Crippen molar-refractivity contribution in [3.05, 3.63) is 0 Å². The van der Waals surface area contributed by atoms with E-state index in [0.717, 1.165) is 0 Å². The second-order valence-corrected chi connectivity index (χ2v) is 4.97. The molecule has 0 unspecified atom stereocenters. The van der Waals surface area contributed by atoms with Gasteiger partial charge in [-0.2, -0.15) is 13.2 Å². The van der Waals surface area contributed by atoms with E-state index in [9.17, 15) is 22.8 Å². The third kappa shape index (κ3) is 5.26. The van der Waals surface area contributed by atoms with E-state index in [1.54, 1.807) is 0 Å². The molecule has 1 aliphatic carbocycles. The number of carboxylic acid groups (broad SMARTS) is 1. The Morgan fingerprint density at radius 2 is 1.80 bits per heavy atom. The molecule has 0 radical (unpaired) electrons. The lowest BCUT2D eigenvalue weighted by atomic mass is 9.86. The van der Waals surface area contributed by atoms with Gasteiger partial charge in [-0.25, -0.2) is 4.79 Å². The van der Waals surface area contributed by atoms with Gasteiger partial charge in [0.05, 0.1) is 5.92 Å². The van der Waals surface area contributed by atoms with Crippen molar-refractivity contribution in [3.63, 3.8) is 0 Å². The summed E-state index contributed by atoms with van der Waals surface area (Å²) in [7, 11) is 0. The molecule has 0 bridgehead atoms. The highest BCUT2D eigenvalue weighted by Gasteiger charge is 2.33. The van der Waals surface area contributed by atoms with Crippen molar-refractivity contribution in [1.29, 1.82) is 0 Å². The van der Waals surface area contributed by atoms with Gasteiger partial charge in [-0.3, -0.25) is 4.79 Å². The van der Waals surface area contributed by atoms with Crippen LogP contribution in [0, 0.1) is 5.92 Å². The van der Waals surface area contributed by atoms with Crippen LogP contribution in [0.1, 0.15) is 32.6 Å². The summed E-state index contributed by atoms with van der Waals surface area (Å²) in [4.78, 5) is 23.2. The number of aliphatic carboxylic acids is 1. The van der Waals surface area contributed by atoms with Gasteiger partial charge in [0.1, 0.15) is 6.54 Å². The number of hydrogen-bond acceptors (Lipinski definition) is 2. The standard InChI is InChI=1S/C12H19F3N2O3/c1-2-17(7-12(13,14)15)11(20)16-9-5-3-8(4-6-9)10(18)19/h8-9H,2-7H2,1H3,(H,16,20)(H,18,19). The Kier molecular flexibility index (Phi) is 5.64. The maximum atomic E-state index is 12.3. The number of rotatable bonds is 4. The highest BCUT2D eigenvalue weighted by molar-refractivity contribution is 5.74. The Hall–Kier alpha value is -1.47. The topological polar surface area (TPSA) is 69.6 Å². The normalized spacial score (nSPS) is 23.2. The molecule has 2 N–H and O–H groups in total. The first kappa shape index (κ1) is 16.6. The van der Waals surface area contributed by atoms with E-state index < -0.39 is 30.6 Å². The average Bonchev–Trinajstić information content (AvgIpc) is 2.35. The molecule has 1 saturated carbocycles. The van der Waals surface area contributed by atoms with Crippen LogP contribution in [-0.2, 0) is 4.79 Å². The lowest BCUT2D eigenvalue weighted by Crippen LogP contribution is -2.49. The Bertz CT molecular complexity index is 352.